The van der Waals surface area contributed by atoms with Gasteiger partial charge in [-0.3, -0.25) is 14.5 Å². The van der Waals surface area contributed by atoms with E-state index in [2.05, 4.69) is 4.98 Å². The number of amides is 1. The molecule has 1 aliphatic carbocycles. The molecule has 0 bridgehead atoms. The van der Waals surface area contributed by atoms with Gasteiger partial charge in [-0.25, -0.2) is 0 Å². The Morgan fingerprint density at radius 2 is 2.03 bits per heavy atom. The Kier molecular flexibility index (Phi) is 5.79. The minimum absolute atomic E-state index is 0.0308. The van der Waals surface area contributed by atoms with E-state index in [1.54, 1.807) is 12.3 Å². The Morgan fingerprint density at radius 1 is 1.21 bits per heavy atom. The van der Waals surface area contributed by atoms with E-state index >= 15 is 0 Å². The average molecular weight is 457 g/mol. The Hall–Kier alpha value is -3.71. The summed E-state index contributed by atoms with van der Waals surface area (Å²) in [5.74, 6) is 0.279. The van der Waals surface area contributed by atoms with Gasteiger partial charge in [0.05, 0.1) is 18.2 Å². The minimum Gasteiger partial charge on any atom is -0.485 e. The van der Waals surface area contributed by atoms with Crippen LogP contribution in [0.5, 0.6) is 5.75 Å². The van der Waals surface area contributed by atoms with Gasteiger partial charge in [0.2, 0.25) is 5.91 Å². The third kappa shape index (κ3) is 4.15. The van der Waals surface area contributed by atoms with E-state index in [1.165, 1.54) is 0 Å². The Morgan fingerprint density at radius 3 is 2.76 bits per heavy atom. The van der Waals surface area contributed by atoms with Crippen LogP contribution in [0, 0.1) is 6.92 Å². The van der Waals surface area contributed by atoms with Crippen LogP contribution < -0.4 is 10.5 Å². The smallest absolute Gasteiger partial charge is 0.248 e. The van der Waals surface area contributed by atoms with Crippen LogP contribution in [-0.4, -0.2) is 38.0 Å². The molecule has 0 aliphatic heterocycles. The van der Waals surface area contributed by atoms with Crippen LogP contribution in [0.4, 0.5) is 0 Å². The fourth-order valence-corrected chi connectivity index (χ4v) is 4.99. The molecule has 1 fully saturated rings. The van der Waals surface area contributed by atoms with Crippen molar-refractivity contribution in [3.8, 4) is 17.0 Å². The molecule has 1 amide bonds. The Balaban J connectivity index is 1.58. The third-order valence-electron chi connectivity index (χ3n) is 6.65. The normalized spacial score (nSPS) is 20.4. The molecule has 34 heavy (non-hydrogen) atoms. The molecular weight excluding hydrogens is 428 g/mol. The van der Waals surface area contributed by atoms with Gasteiger partial charge in [0.1, 0.15) is 17.0 Å². The summed E-state index contributed by atoms with van der Waals surface area (Å²) in [6.45, 7) is 1.87. The van der Waals surface area contributed by atoms with Crippen LogP contribution >= 0.6 is 0 Å². The number of nitrogens with zero attached hydrogens (tertiary/aromatic N) is 3. The molecule has 2 atom stereocenters. The average Bonchev–Trinajstić information content (AvgIpc) is 3.24. The van der Waals surface area contributed by atoms with E-state index in [1.807, 2.05) is 66.2 Å². The topological polar surface area (TPSA) is 103 Å². The van der Waals surface area contributed by atoms with Crippen LogP contribution in [0.25, 0.3) is 22.2 Å². The van der Waals surface area contributed by atoms with E-state index in [-0.39, 0.29) is 12.6 Å². The van der Waals surface area contributed by atoms with Crippen LogP contribution in [0.3, 0.4) is 0 Å². The number of fused-ring (bicyclic) bond motifs is 1. The molecule has 174 valence electrons. The van der Waals surface area contributed by atoms with Crippen molar-refractivity contribution in [1.29, 1.82) is 0 Å². The van der Waals surface area contributed by atoms with Crippen molar-refractivity contribution in [3.63, 3.8) is 0 Å². The molecule has 1 aliphatic rings. The van der Waals surface area contributed by atoms with Gasteiger partial charge in [-0.1, -0.05) is 18.2 Å². The summed E-state index contributed by atoms with van der Waals surface area (Å²) in [6, 6.07) is 19.0. The number of benzene rings is 2. The first-order valence-corrected chi connectivity index (χ1v) is 11.6. The predicted molar refractivity (Wildman–Crippen MR) is 131 cm³/mol. The molecule has 1 saturated carbocycles. The molecule has 0 radical (unpaired) electrons. The SMILES string of the molecule is Cc1cc(-c2nn(C3CCCC(CO)(Oc4ccccc4)C3)c3ccc(C(N)=O)cc23)ccn1. The third-order valence-corrected chi connectivity index (χ3v) is 6.65. The van der Waals surface area contributed by atoms with Gasteiger partial charge in [-0.05, 0) is 68.7 Å². The largest absolute Gasteiger partial charge is 0.485 e. The van der Waals surface area contributed by atoms with Crippen molar-refractivity contribution in [2.24, 2.45) is 5.73 Å². The van der Waals surface area contributed by atoms with Crippen molar-refractivity contribution in [2.75, 3.05) is 6.61 Å². The number of aliphatic hydroxyl groups is 1. The fourth-order valence-electron chi connectivity index (χ4n) is 4.99. The number of ether oxygens (including phenoxy) is 1. The Labute approximate surface area is 198 Å². The van der Waals surface area contributed by atoms with E-state index < -0.39 is 11.5 Å². The zero-order valence-electron chi connectivity index (χ0n) is 19.1. The predicted octanol–water partition coefficient (Wildman–Crippen LogP) is 4.43. The van der Waals surface area contributed by atoms with Gasteiger partial charge >= 0.3 is 0 Å². The lowest BCUT2D eigenvalue weighted by Gasteiger charge is -2.40. The quantitative estimate of drug-likeness (QED) is 0.447. The molecule has 2 aromatic carbocycles. The van der Waals surface area contributed by atoms with Crippen molar-refractivity contribution in [1.82, 2.24) is 14.8 Å². The molecule has 7 nitrogen and oxygen atoms in total. The lowest BCUT2D eigenvalue weighted by molar-refractivity contribution is -0.0346. The molecule has 5 rings (SSSR count). The second-order valence-electron chi connectivity index (χ2n) is 9.08. The number of hydrogen-bond donors (Lipinski definition) is 2. The highest BCUT2D eigenvalue weighted by Crippen LogP contribution is 2.41. The second kappa shape index (κ2) is 8.91. The number of rotatable bonds is 6. The molecular formula is C27H28N4O3. The molecule has 0 spiro atoms. The van der Waals surface area contributed by atoms with E-state index in [4.69, 9.17) is 15.6 Å². The maximum atomic E-state index is 11.9. The lowest BCUT2D eigenvalue weighted by Crippen LogP contribution is -2.45. The summed E-state index contributed by atoms with van der Waals surface area (Å²) >= 11 is 0. The number of aromatic nitrogens is 3. The van der Waals surface area contributed by atoms with Crippen LogP contribution in [-0.2, 0) is 0 Å². The fraction of sp³-hybridized carbons (Fsp3) is 0.296. The summed E-state index contributed by atoms with van der Waals surface area (Å²) in [5, 5.41) is 16.3. The maximum absolute atomic E-state index is 11.9. The van der Waals surface area contributed by atoms with E-state index in [0.717, 1.165) is 52.9 Å². The minimum atomic E-state index is -0.677. The standard InChI is InChI=1S/C27H28N4O3/c1-18-14-19(11-13-29-18)25-23-15-20(26(28)33)9-10-24(23)31(30-25)21-6-5-12-27(16-21,17-32)34-22-7-3-2-4-8-22/h2-4,7-11,13-15,21,32H,5-6,12,16-17H2,1H3,(H2,28,33). The summed E-state index contributed by atoms with van der Waals surface area (Å²) < 4.78 is 8.38. The summed E-state index contributed by atoms with van der Waals surface area (Å²) in [6.07, 6.45) is 4.99. The van der Waals surface area contributed by atoms with Crippen molar-refractivity contribution in [3.05, 3.63) is 78.1 Å². The molecule has 7 heteroatoms. The van der Waals surface area contributed by atoms with Crippen LogP contribution in [0.1, 0.15) is 47.8 Å². The Bertz CT molecular complexity index is 1330. The highest BCUT2D eigenvalue weighted by Gasteiger charge is 2.39. The number of carbonyl (C=O) groups excluding carboxylic acids is 1. The number of hydrogen-bond acceptors (Lipinski definition) is 5. The zero-order chi connectivity index (χ0) is 23.7. The molecule has 0 saturated heterocycles. The first-order valence-electron chi connectivity index (χ1n) is 11.6. The lowest BCUT2D eigenvalue weighted by atomic mass is 9.82. The molecule has 2 heterocycles. The number of carbonyl (C=O) groups is 1. The summed E-state index contributed by atoms with van der Waals surface area (Å²) in [5.41, 5.74) is 8.87. The first-order chi connectivity index (χ1) is 16.5. The zero-order valence-corrected chi connectivity index (χ0v) is 19.1. The summed E-state index contributed by atoms with van der Waals surface area (Å²) in [7, 11) is 0. The van der Waals surface area contributed by atoms with Gasteiger partial charge in [0.15, 0.2) is 0 Å². The van der Waals surface area contributed by atoms with E-state index in [9.17, 15) is 9.90 Å². The number of aryl methyl sites for hydroxylation is 1. The molecule has 3 N–H and O–H groups in total. The number of para-hydroxylation sites is 1. The molecule has 4 aromatic rings. The van der Waals surface area contributed by atoms with Crippen LogP contribution in [0.2, 0.25) is 0 Å². The van der Waals surface area contributed by atoms with E-state index in [0.29, 0.717) is 12.0 Å². The van der Waals surface area contributed by atoms with Gasteiger partial charge < -0.3 is 15.6 Å². The van der Waals surface area contributed by atoms with Gasteiger partial charge in [0.25, 0.3) is 0 Å². The highest BCUT2D eigenvalue weighted by molar-refractivity contribution is 6.01. The van der Waals surface area contributed by atoms with Crippen molar-refractivity contribution in [2.45, 2.75) is 44.2 Å². The highest BCUT2D eigenvalue weighted by atomic mass is 16.5. The van der Waals surface area contributed by atoms with Crippen molar-refractivity contribution >= 4 is 16.8 Å². The van der Waals surface area contributed by atoms with Gasteiger partial charge in [-0.2, -0.15) is 5.10 Å². The molecule has 2 unspecified atom stereocenters. The number of primary amides is 1. The monoisotopic (exact) mass is 456 g/mol. The number of aliphatic hydroxyl groups excluding tert-OH is 1. The summed E-state index contributed by atoms with van der Waals surface area (Å²) in [4.78, 5) is 16.2. The number of nitrogens with two attached hydrogens (primary N) is 1. The van der Waals surface area contributed by atoms with Gasteiger partial charge in [0, 0.05) is 34.8 Å². The van der Waals surface area contributed by atoms with Crippen molar-refractivity contribution < 1.29 is 14.6 Å². The van der Waals surface area contributed by atoms with Crippen LogP contribution in [0.15, 0.2) is 66.9 Å². The first kappa shape index (κ1) is 22.1. The maximum Gasteiger partial charge on any atom is 0.248 e. The molecule has 2 aromatic heterocycles. The van der Waals surface area contributed by atoms with Gasteiger partial charge in [-0.15, -0.1) is 0 Å². The number of pyridine rings is 1. The second-order valence-corrected chi connectivity index (χ2v) is 9.08.